The summed E-state index contributed by atoms with van der Waals surface area (Å²) in [6, 6.07) is 11.9. The van der Waals surface area contributed by atoms with Crippen LogP contribution < -0.4 is 26.1 Å². The molecule has 28 heavy (non-hydrogen) atoms. The number of hydrogen-bond acceptors (Lipinski definition) is 6. The summed E-state index contributed by atoms with van der Waals surface area (Å²) >= 11 is 0. The predicted octanol–water partition coefficient (Wildman–Crippen LogP) is 3.47. The summed E-state index contributed by atoms with van der Waals surface area (Å²) in [4.78, 5) is 25.0. The third-order valence-corrected chi connectivity index (χ3v) is 4.27. The second kappa shape index (κ2) is 8.14. The molecule has 0 unspecified atom stereocenters. The van der Waals surface area contributed by atoms with Gasteiger partial charge in [-0.15, -0.1) is 0 Å². The third kappa shape index (κ3) is 3.84. The van der Waals surface area contributed by atoms with Crippen LogP contribution in [0.25, 0.3) is 11.0 Å². The van der Waals surface area contributed by atoms with E-state index in [0.717, 1.165) is 5.56 Å². The Bertz CT molecular complexity index is 1050. The standard InChI is InChI=1S/C21H22N2O5/c1-4-27-19-17(26-3)10-7-14-11-16(21(25)28-18(14)19)20(24)23-15-8-5-13(6-9-15)12(2)22/h5-12H,4,22H2,1-3H3,(H,23,24)/t12-/m1/s1. The summed E-state index contributed by atoms with van der Waals surface area (Å²) < 4.78 is 16.2. The van der Waals surface area contributed by atoms with Gasteiger partial charge in [-0.25, -0.2) is 4.79 Å². The largest absolute Gasteiger partial charge is 0.493 e. The van der Waals surface area contributed by atoms with Crippen LogP contribution in [0.1, 0.15) is 35.8 Å². The average Bonchev–Trinajstić information content (AvgIpc) is 2.68. The lowest BCUT2D eigenvalue weighted by molar-refractivity contribution is 0.102. The topological polar surface area (TPSA) is 104 Å². The van der Waals surface area contributed by atoms with E-state index in [2.05, 4.69) is 5.32 Å². The van der Waals surface area contributed by atoms with Crippen molar-refractivity contribution in [2.45, 2.75) is 19.9 Å². The molecule has 7 nitrogen and oxygen atoms in total. The van der Waals surface area contributed by atoms with Crippen LogP contribution in [0.3, 0.4) is 0 Å². The van der Waals surface area contributed by atoms with Gasteiger partial charge in [-0.1, -0.05) is 12.1 Å². The zero-order chi connectivity index (χ0) is 20.3. The Morgan fingerprint density at radius 2 is 1.93 bits per heavy atom. The van der Waals surface area contributed by atoms with Gasteiger partial charge in [0.05, 0.1) is 13.7 Å². The highest BCUT2D eigenvalue weighted by Crippen LogP contribution is 2.35. The molecule has 0 aliphatic carbocycles. The van der Waals surface area contributed by atoms with Crippen LogP contribution in [0.4, 0.5) is 5.69 Å². The number of ether oxygens (including phenoxy) is 2. The minimum absolute atomic E-state index is 0.101. The number of carbonyl (C=O) groups excluding carboxylic acids is 1. The van der Waals surface area contributed by atoms with Crippen LogP contribution in [-0.4, -0.2) is 19.6 Å². The molecule has 3 aromatic rings. The highest BCUT2D eigenvalue weighted by atomic mass is 16.5. The van der Waals surface area contributed by atoms with E-state index in [4.69, 9.17) is 19.6 Å². The molecule has 1 heterocycles. The van der Waals surface area contributed by atoms with Crippen LogP contribution in [0, 0.1) is 0 Å². The van der Waals surface area contributed by atoms with Gasteiger partial charge in [0.25, 0.3) is 5.91 Å². The third-order valence-electron chi connectivity index (χ3n) is 4.27. The Hall–Kier alpha value is -3.32. The molecular weight excluding hydrogens is 360 g/mol. The highest BCUT2D eigenvalue weighted by molar-refractivity contribution is 6.05. The quantitative estimate of drug-likeness (QED) is 0.633. The van der Waals surface area contributed by atoms with Crippen molar-refractivity contribution >= 4 is 22.6 Å². The summed E-state index contributed by atoms with van der Waals surface area (Å²) in [5.74, 6) is 0.222. The molecule has 1 atom stereocenters. The average molecular weight is 382 g/mol. The summed E-state index contributed by atoms with van der Waals surface area (Å²) in [6.07, 6.45) is 0. The van der Waals surface area contributed by atoms with E-state index < -0.39 is 11.5 Å². The normalized spacial score (nSPS) is 11.9. The molecule has 1 amide bonds. The lowest BCUT2D eigenvalue weighted by Crippen LogP contribution is -2.20. The van der Waals surface area contributed by atoms with Gasteiger partial charge >= 0.3 is 5.63 Å². The molecule has 0 aliphatic rings. The number of anilines is 1. The fraction of sp³-hybridized carbons (Fsp3) is 0.238. The van der Waals surface area contributed by atoms with Crippen molar-refractivity contribution < 1.29 is 18.7 Å². The summed E-state index contributed by atoms with van der Waals surface area (Å²) in [5.41, 5.74) is 6.70. The predicted molar refractivity (Wildman–Crippen MR) is 107 cm³/mol. The van der Waals surface area contributed by atoms with Gasteiger partial charge in [-0.3, -0.25) is 4.79 Å². The second-order valence-electron chi connectivity index (χ2n) is 6.26. The Balaban J connectivity index is 1.95. The zero-order valence-electron chi connectivity index (χ0n) is 15.9. The fourth-order valence-corrected chi connectivity index (χ4v) is 2.81. The Morgan fingerprint density at radius 3 is 2.54 bits per heavy atom. The first-order valence-electron chi connectivity index (χ1n) is 8.89. The Labute approximate surface area is 162 Å². The zero-order valence-corrected chi connectivity index (χ0v) is 15.9. The van der Waals surface area contributed by atoms with Gasteiger partial charge < -0.3 is 24.9 Å². The number of nitrogens with one attached hydrogen (secondary N) is 1. The molecule has 7 heteroatoms. The molecule has 1 aromatic heterocycles. The molecule has 2 aromatic carbocycles. The summed E-state index contributed by atoms with van der Waals surface area (Å²) in [7, 11) is 1.50. The molecule has 0 saturated heterocycles. The van der Waals surface area contributed by atoms with Gasteiger partial charge in [-0.2, -0.15) is 0 Å². The number of benzene rings is 2. The lowest BCUT2D eigenvalue weighted by atomic mass is 10.1. The Kier molecular flexibility index (Phi) is 5.65. The monoisotopic (exact) mass is 382 g/mol. The van der Waals surface area contributed by atoms with E-state index in [-0.39, 0.29) is 17.2 Å². The molecule has 0 saturated carbocycles. The number of fused-ring (bicyclic) bond motifs is 1. The van der Waals surface area contributed by atoms with Crippen molar-refractivity contribution in [1.29, 1.82) is 0 Å². The summed E-state index contributed by atoms with van der Waals surface area (Å²) in [5, 5.41) is 3.25. The van der Waals surface area contributed by atoms with Gasteiger partial charge in [-0.05, 0) is 49.7 Å². The molecule has 0 radical (unpaired) electrons. The van der Waals surface area contributed by atoms with Gasteiger partial charge in [0.1, 0.15) is 5.56 Å². The van der Waals surface area contributed by atoms with Crippen LogP contribution in [-0.2, 0) is 0 Å². The van der Waals surface area contributed by atoms with E-state index >= 15 is 0 Å². The number of nitrogens with two attached hydrogens (primary N) is 1. The van der Waals surface area contributed by atoms with Gasteiger partial charge in [0.2, 0.25) is 5.75 Å². The maximum atomic E-state index is 12.6. The number of hydrogen-bond donors (Lipinski definition) is 2. The first kappa shape index (κ1) is 19.4. The molecule has 0 aliphatic heterocycles. The molecule has 0 bridgehead atoms. The van der Waals surface area contributed by atoms with Crippen LogP contribution in [0.2, 0.25) is 0 Å². The number of amides is 1. The van der Waals surface area contributed by atoms with Gasteiger partial charge in [0, 0.05) is 17.1 Å². The number of methoxy groups -OCH3 is 1. The lowest BCUT2D eigenvalue weighted by Gasteiger charge is -2.12. The van der Waals surface area contributed by atoms with E-state index in [0.29, 0.717) is 29.2 Å². The molecular formula is C21H22N2O5. The first-order valence-corrected chi connectivity index (χ1v) is 8.89. The maximum Gasteiger partial charge on any atom is 0.349 e. The minimum atomic E-state index is -0.758. The van der Waals surface area contributed by atoms with E-state index in [1.54, 1.807) is 24.3 Å². The van der Waals surface area contributed by atoms with Crippen molar-refractivity contribution in [2.24, 2.45) is 5.73 Å². The Morgan fingerprint density at radius 1 is 1.21 bits per heavy atom. The van der Waals surface area contributed by atoms with Crippen LogP contribution >= 0.6 is 0 Å². The maximum absolute atomic E-state index is 12.6. The number of carbonyl (C=O) groups is 1. The molecule has 0 fully saturated rings. The van der Waals surface area contributed by atoms with Crippen LogP contribution in [0.15, 0.2) is 51.7 Å². The smallest absolute Gasteiger partial charge is 0.349 e. The summed E-state index contributed by atoms with van der Waals surface area (Å²) in [6.45, 7) is 4.06. The van der Waals surface area contributed by atoms with Gasteiger partial charge in [0.15, 0.2) is 11.3 Å². The highest BCUT2D eigenvalue weighted by Gasteiger charge is 2.18. The molecule has 3 rings (SSSR count). The van der Waals surface area contributed by atoms with Crippen LogP contribution in [0.5, 0.6) is 11.5 Å². The van der Waals surface area contributed by atoms with E-state index in [1.165, 1.54) is 13.2 Å². The minimum Gasteiger partial charge on any atom is -0.493 e. The second-order valence-corrected chi connectivity index (χ2v) is 6.26. The molecule has 146 valence electrons. The van der Waals surface area contributed by atoms with Crippen molar-refractivity contribution in [3.8, 4) is 11.5 Å². The van der Waals surface area contributed by atoms with Crippen molar-refractivity contribution in [2.75, 3.05) is 19.0 Å². The number of rotatable bonds is 6. The van der Waals surface area contributed by atoms with Crippen molar-refractivity contribution in [1.82, 2.24) is 0 Å². The van der Waals surface area contributed by atoms with E-state index in [9.17, 15) is 9.59 Å². The SMILES string of the molecule is CCOc1c(OC)ccc2cc(C(=O)Nc3ccc([C@@H](C)N)cc3)c(=O)oc12. The fourth-order valence-electron chi connectivity index (χ4n) is 2.81. The van der Waals surface area contributed by atoms with E-state index in [1.807, 2.05) is 26.0 Å². The molecule has 0 spiro atoms. The molecule has 3 N–H and O–H groups in total. The van der Waals surface area contributed by atoms with Crippen molar-refractivity contribution in [3.05, 3.63) is 64.0 Å². The first-order chi connectivity index (χ1) is 13.4. The van der Waals surface area contributed by atoms with Crippen molar-refractivity contribution in [3.63, 3.8) is 0 Å².